The van der Waals surface area contributed by atoms with E-state index in [2.05, 4.69) is 36.6 Å². The lowest BCUT2D eigenvalue weighted by Gasteiger charge is -2.41. The number of nitrogens with one attached hydrogen (secondary N) is 2. The van der Waals surface area contributed by atoms with Gasteiger partial charge in [0, 0.05) is 17.3 Å². The molecule has 2 N–H and O–H groups in total. The zero-order valence-corrected chi connectivity index (χ0v) is 17.6. The molecule has 1 heterocycles. The van der Waals surface area contributed by atoms with E-state index < -0.39 is 9.85 Å². The van der Waals surface area contributed by atoms with Crippen molar-refractivity contribution >= 4 is 22.8 Å². The van der Waals surface area contributed by atoms with Gasteiger partial charge in [0.25, 0.3) is 5.69 Å². The fourth-order valence-corrected chi connectivity index (χ4v) is 4.44. The maximum Gasteiger partial charge on any atom is 0.301 e. The van der Waals surface area contributed by atoms with E-state index in [1.165, 1.54) is 12.1 Å². The number of non-ortho nitro benzene ring substituents is 1. The van der Waals surface area contributed by atoms with Crippen molar-refractivity contribution < 1.29 is 14.6 Å². The highest BCUT2D eigenvalue weighted by Crippen LogP contribution is 2.32. The monoisotopic (exact) mass is 419 g/mol. The number of nitro groups is 2. The highest BCUT2D eigenvalue weighted by molar-refractivity contribution is 5.89. The van der Waals surface area contributed by atoms with Crippen molar-refractivity contribution in [3.8, 4) is 0 Å². The maximum absolute atomic E-state index is 11.3. The number of anilines is 1. The van der Waals surface area contributed by atoms with Gasteiger partial charge in [-0.1, -0.05) is 0 Å². The van der Waals surface area contributed by atoms with Gasteiger partial charge in [-0.2, -0.15) is 5.10 Å². The molecule has 0 bridgehead atoms. The minimum Gasteiger partial charge on any atom is -0.360 e. The standard InChI is InChI=1S/C20H29N5O5/c1-13-12-20(2,3)21-19(30-13)10-7-14-5-4-6-16(14)22-23-17-9-8-15(24(26)27)11-18(17)25(28)29/h8-9,11,13-14,19,21,23H,4-7,10,12H2,1-3H3/b22-16+. The molecule has 1 saturated carbocycles. The average molecular weight is 419 g/mol. The van der Waals surface area contributed by atoms with Gasteiger partial charge in [0.1, 0.15) is 11.9 Å². The molecule has 3 unspecified atom stereocenters. The Morgan fingerprint density at radius 1 is 1.27 bits per heavy atom. The lowest BCUT2D eigenvalue weighted by molar-refractivity contribution is -0.393. The molecule has 10 nitrogen and oxygen atoms in total. The Morgan fingerprint density at radius 2 is 2.03 bits per heavy atom. The number of ether oxygens (including phenoxy) is 1. The van der Waals surface area contributed by atoms with Crippen molar-refractivity contribution in [3.05, 3.63) is 38.4 Å². The second-order valence-electron chi connectivity index (χ2n) is 8.76. The van der Waals surface area contributed by atoms with Crippen LogP contribution in [-0.4, -0.2) is 33.4 Å². The summed E-state index contributed by atoms with van der Waals surface area (Å²) >= 11 is 0. The molecule has 3 rings (SSSR count). The number of benzene rings is 1. The summed E-state index contributed by atoms with van der Waals surface area (Å²) in [6.07, 6.45) is 5.86. The molecule has 2 fully saturated rings. The van der Waals surface area contributed by atoms with Crippen LogP contribution in [0.4, 0.5) is 17.1 Å². The summed E-state index contributed by atoms with van der Waals surface area (Å²) in [7, 11) is 0. The summed E-state index contributed by atoms with van der Waals surface area (Å²) < 4.78 is 6.02. The van der Waals surface area contributed by atoms with E-state index in [1.54, 1.807) is 0 Å². The summed E-state index contributed by atoms with van der Waals surface area (Å²) in [5.41, 5.74) is 3.26. The summed E-state index contributed by atoms with van der Waals surface area (Å²) in [6.45, 7) is 6.46. The van der Waals surface area contributed by atoms with Crippen molar-refractivity contribution in [2.75, 3.05) is 5.43 Å². The second kappa shape index (κ2) is 9.05. The SMILES string of the molecule is CC1CC(C)(C)NC(CCC2CCC/C2=N\Nc2ccc([N+](=O)[O-])cc2[N+](=O)[O-])O1. The number of nitrogens with zero attached hydrogens (tertiary/aromatic N) is 3. The minimum absolute atomic E-state index is 0.00863. The fraction of sp³-hybridized carbons (Fsp3) is 0.650. The molecule has 1 saturated heterocycles. The topological polar surface area (TPSA) is 132 Å². The van der Waals surface area contributed by atoms with Crippen LogP contribution in [0.2, 0.25) is 0 Å². The molecule has 1 aliphatic heterocycles. The van der Waals surface area contributed by atoms with E-state index in [1.807, 2.05) is 0 Å². The van der Waals surface area contributed by atoms with Crippen LogP contribution in [0.3, 0.4) is 0 Å². The second-order valence-corrected chi connectivity index (χ2v) is 8.76. The summed E-state index contributed by atoms with van der Waals surface area (Å²) in [5, 5.41) is 30.1. The lowest BCUT2D eigenvalue weighted by atomic mass is 9.93. The molecular formula is C20H29N5O5. The van der Waals surface area contributed by atoms with Crippen molar-refractivity contribution in [1.29, 1.82) is 0 Å². The molecule has 2 aliphatic rings. The minimum atomic E-state index is -0.654. The number of hydrogen-bond acceptors (Lipinski definition) is 8. The molecule has 0 radical (unpaired) electrons. The summed E-state index contributed by atoms with van der Waals surface area (Å²) in [4.78, 5) is 20.9. The summed E-state index contributed by atoms with van der Waals surface area (Å²) in [6, 6.07) is 3.51. The Bertz CT molecular complexity index is 841. The third-order valence-corrected chi connectivity index (χ3v) is 5.69. The van der Waals surface area contributed by atoms with E-state index >= 15 is 0 Å². The smallest absolute Gasteiger partial charge is 0.301 e. The number of hydrogen-bond donors (Lipinski definition) is 2. The molecule has 1 aromatic carbocycles. The maximum atomic E-state index is 11.3. The van der Waals surface area contributed by atoms with Crippen molar-refractivity contribution in [1.82, 2.24) is 5.32 Å². The van der Waals surface area contributed by atoms with Gasteiger partial charge < -0.3 is 4.74 Å². The quantitative estimate of drug-likeness (QED) is 0.496. The van der Waals surface area contributed by atoms with Gasteiger partial charge >= 0.3 is 5.69 Å². The van der Waals surface area contributed by atoms with Crippen LogP contribution in [0, 0.1) is 26.1 Å². The molecule has 0 aromatic heterocycles. The molecule has 164 valence electrons. The largest absolute Gasteiger partial charge is 0.360 e. The van der Waals surface area contributed by atoms with Gasteiger partial charge in [0.2, 0.25) is 0 Å². The summed E-state index contributed by atoms with van der Waals surface area (Å²) in [5.74, 6) is 0.292. The van der Waals surface area contributed by atoms with Crippen LogP contribution in [0.25, 0.3) is 0 Å². The van der Waals surface area contributed by atoms with Gasteiger partial charge in [-0.25, -0.2) is 0 Å². The Hall–Kier alpha value is -2.59. The van der Waals surface area contributed by atoms with E-state index in [9.17, 15) is 20.2 Å². The molecule has 10 heteroatoms. The first-order chi connectivity index (χ1) is 14.1. The third-order valence-electron chi connectivity index (χ3n) is 5.69. The lowest BCUT2D eigenvalue weighted by Crippen LogP contribution is -2.54. The average Bonchev–Trinajstić information content (AvgIpc) is 3.10. The molecule has 1 aliphatic carbocycles. The predicted octanol–water partition coefficient (Wildman–Crippen LogP) is 4.35. The van der Waals surface area contributed by atoms with Gasteiger partial charge in [0.05, 0.1) is 22.0 Å². The van der Waals surface area contributed by atoms with Crippen LogP contribution in [0.5, 0.6) is 0 Å². The molecular weight excluding hydrogens is 390 g/mol. The fourth-order valence-electron chi connectivity index (χ4n) is 4.44. The van der Waals surface area contributed by atoms with E-state index in [0.29, 0.717) is 5.92 Å². The zero-order chi connectivity index (χ0) is 21.9. The Labute approximate surface area is 175 Å². The highest BCUT2D eigenvalue weighted by atomic mass is 16.6. The predicted molar refractivity (Wildman–Crippen MR) is 114 cm³/mol. The van der Waals surface area contributed by atoms with E-state index in [4.69, 9.17) is 4.74 Å². The van der Waals surface area contributed by atoms with E-state index in [0.717, 1.165) is 50.3 Å². The molecule has 0 spiro atoms. The molecule has 0 amide bonds. The molecule has 3 atom stereocenters. The van der Waals surface area contributed by atoms with Crippen molar-refractivity contribution in [2.24, 2.45) is 11.0 Å². The first-order valence-corrected chi connectivity index (χ1v) is 10.3. The van der Waals surface area contributed by atoms with E-state index in [-0.39, 0.29) is 34.9 Å². The third kappa shape index (κ3) is 5.51. The number of rotatable bonds is 7. The number of hydrazone groups is 1. The van der Waals surface area contributed by atoms with Crippen molar-refractivity contribution in [2.45, 2.75) is 77.2 Å². The zero-order valence-electron chi connectivity index (χ0n) is 17.6. The molecule has 1 aromatic rings. The Morgan fingerprint density at radius 3 is 2.70 bits per heavy atom. The molecule has 30 heavy (non-hydrogen) atoms. The normalized spacial score (nSPS) is 27.2. The Kier molecular flexibility index (Phi) is 6.67. The highest BCUT2D eigenvalue weighted by Gasteiger charge is 2.33. The van der Waals surface area contributed by atoms with Crippen LogP contribution >= 0.6 is 0 Å². The van der Waals surface area contributed by atoms with Gasteiger partial charge in [0.15, 0.2) is 0 Å². The Balaban J connectivity index is 1.64. The van der Waals surface area contributed by atoms with Crippen LogP contribution in [-0.2, 0) is 4.74 Å². The van der Waals surface area contributed by atoms with Gasteiger partial charge in [-0.15, -0.1) is 0 Å². The van der Waals surface area contributed by atoms with Gasteiger partial charge in [-0.3, -0.25) is 31.0 Å². The van der Waals surface area contributed by atoms with Crippen LogP contribution in [0.1, 0.15) is 59.3 Å². The number of nitro benzene ring substituents is 2. The van der Waals surface area contributed by atoms with Crippen LogP contribution < -0.4 is 10.7 Å². The van der Waals surface area contributed by atoms with Crippen LogP contribution in [0.15, 0.2) is 23.3 Å². The first-order valence-electron chi connectivity index (χ1n) is 10.3. The first kappa shape index (κ1) is 22.1. The van der Waals surface area contributed by atoms with Crippen molar-refractivity contribution in [3.63, 3.8) is 0 Å². The van der Waals surface area contributed by atoms with Gasteiger partial charge in [-0.05, 0) is 71.3 Å².